The smallest absolute Gasteiger partial charge is 0.182 e. The van der Waals surface area contributed by atoms with Crippen LogP contribution in [0.1, 0.15) is 55.0 Å². The normalized spacial score (nSPS) is 23.7. The summed E-state index contributed by atoms with van der Waals surface area (Å²) in [4.78, 5) is 4.55. The van der Waals surface area contributed by atoms with E-state index in [0.29, 0.717) is 17.5 Å². The molecule has 1 heterocycles. The summed E-state index contributed by atoms with van der Waals surface area (Å²) in [7, 11) is 8.34. The minimum atomic E-state index is 0.307. The lowest BCUT2D eigenvalue weighted by atomic mass is 9.73. The first-order chi connectivity index (χ1) is 12.1. The van der Waals surface area contributed by atoms with Crippen LogP contribution in [0.3, 0.4) is 0 Å². The van der Waals surface area contributed by atoms with Crippen LogP contribution in [0.4, 0.5) is 0 Å². The third kappa shape index (κ3) is 2.94. The maximum absolute atomic E-state index is 6.05. The Morgan fingerprint density at radius 3 is 2.40 bits per heavy atom. The third-order valence-corrected chi connectivity index (χ3v) is 6.61. The quantitative estimate of drug-likeness (QED) is 0.777. The van der Waals surface area contributed by atoms with Crippen LogP contribution in [-0.4, -0.2) is 37.8 Å². The van der Waals surface area contributed by atoms with Gasteiger partial charge in [0.25, 0.3) is 0 Å². The Morgan fingerprint density at radius 2 is 1.68 bits per heavy atom. The van der Waals surface area contributed by atoms with Crippen LogP contribution in [0.15, 0.2) is 54.6 Å². The van der Waals surface area contributed by atoms with Gasteiger partial charge in [-0.2, -0.15) is 0 Å². The molecule has 128 valence electrons. The Labute approximate surface area is 153 Å². The largest absolute Gasteiger partial charge is 0.353 e. The fraction of sp³-hybridized carbons (Fsp3) is 0.455. The molecule has 0 saturated carbocycles. The van der Waals surface area contributed by atoms with Crippen molar-refractivity contribution < 1.29 is 0 Å². The van der Waals surface area contributed by atoms with E-state index >= 15 is 0 Å². The average Bonchev–Trinajstić information content (AvgIpc) is 2.98. The lowest BCUT2D eigenvalue weighted by molar-refractivity contribution is 0.144. The fourth-order valence-electron chi connectivity index (χ4n) is 4.89. The van der Waals surface area contributed by atoms with E-state index < -0.39 is 0 Å². The van der Waals surface area contributed by atoms with Crippen LogP contribution < -0.4 is 0 Å². The van der Waals surface area contributed by atoms with E-state index in [2.05, 4.69) is 73.5 Å². The first-order valence-corrected chi connectivity index (χ1v) is 9.47. The molecule has 2 aromatic rings. The highest BCUT2D eigenvalue weighted by Crippen LogP contribution is 2.53. The highest BCUT2D eigenvalue weighted by molar-refractivity contribution is 6.04. The second-order valence-corrected chi connectivity index (χ2v) is 7.88. The van der Waals surface area contributed by atoms with Gasteiger partial charge in [0.15, 0.2) is 7.98 Å². The van der Waals surface area contributed by atoms with Crippen LogP contribution in [0.5, 0.6) is 0 Å². The predicted octanol–water partition coefficient (Wildman–Crippen LogP) is 4.24. The van der Waals surface area contributed by atoms with E-state index in [4.69, 9.17) is 7.98 Å². The zero-order valence-electron chi connectivity index (χ0n) is 15.4. The van der Waals surface area contributed by atoms with Gasteiger partial charge in [-0.1, -0.05) is 54.6 Å². The SMILES string of the molecule is [B]N1CCC2(CC1)C[C@H](N(C)[C@@H](C)c1ccccc1)c1ccccc12. The van der Waals surface area contributed by atoms with Crippen molar-refractivity contribution in [2.24, 2.45) is 0 Å². The summed E-state index contributed by atoms with van der Waals surface area (Å²) < 4.78 is 0. The number of fused-ring (bicyclic) bond motifs is 2. The summed E-state index contributed by atoms with van der Waals surface area (Å²) in [5.41, 5.74) is 4.79. The van der Waals surface area contributed by atoms with Gasteiger partial charge >= 0.3 is 0 Å². The summed E-state index contributed by atoms with van der Waals surface area (Å²) in [5.74, 6) is 0. The molecule has 4 rings (SSSR count). The molecule has 1 spiro atoms. The molecule has 25 heavy (non-hydrogen) atoms. The lowest BCUT2D eigenvalue weighted by Crippen LogP contribution is -2.40. The topological polar surface area (TPSA) is 6.48 Å². The zero-order chi connectivity index (χ0) is 17.4. The van der Waals surface area contributed by atoms with Gasteiger partial charge in [0.05, 0.1) is 0 Å². The van der Waals surface area contributed by atoms with Crippen molar-refractivity contribution in [2.45, 2.75) is 43.7 Å². The predicted molar refractivity (Wildman–Crippen MR) is 105 cm³/mol. The van der Waals surface area contributed by atoms with Gasteiger partial charge in [-0.3, -0.25) is 4.90 Å². The molecule has 0 bridgehead atoms. The Morgan fingerprint density at radius 1 is 1.04 bits per heavy atom. The standard InChI is InChI=1S/C22H27BN2/c1-17(18-8-4-3-5-9-18)24(2)21-16-22(12-14-25(23)15-13-22)20-11-7-6-10-19(20)21/h3-11,17,21H,12-16H2,1-2H3/t17-,21-/m0/s1. The van der Waals surface area contributed by atoms with Gasteiger partial charge in [-0.05, 0) is 68.4 Å². The number of benzene rings is 2. The zero-order valence-corrected chi connectivity index (χ0v) is 15.4. The van der Waals surface area contributed by atoms with Crippen LogP contribution >= 0.6 is 0 Å². The maximum Gasteiger partial charge on any atom is 0.182 e. The molecule has 0 amide bonds. The molecule has 1 fully saturated rings. The van der Waals surface area contributed by atoms with Crippen LogP contribution in [0.2, 0.25) is 0 Å². The first kappa shape index (κ1) is 16.9. The molecule has 1 aliphatic heterocycles. The molecule has 1 aliphatic carbocycles. The number of piperidine rings is 1. The fourth-order valence-corrected chi connectivity index (χ4v) is 4.89. The second kappa shape index (κ2) is 6.62. The van der Waals surface area contributed by atoms with E-state index in [9.17, 15) is 0 Å². The Bertz CT molecular complexity index is 722. The minimum Gasteiger partial charge on any atom is -0.353 e. The summed E-state index contributed by atoms with van der Waals surface area (Å²) in [5, 5.41) is 0. The molecule has 1 saturated heterocycles. The van der Waals surface area contributed by atoms with Gasteiger partial charge in [-0.25, -0.2) is 0 Å². The van der Waals surface area contributed by atoms with E-state index in [0.717, 1.165) is 13.1 Å². The van der Waals surface area contributed by atoms with Crippen LogP contribution in [-0.2, 0) is 5.41 Å². The van der Waals surface area contributed by atoms with Crippen molar-refractivity contribution in [3.8, 4) is 0 Å². The Hall–Kier alpha value is -1.58. The van der Waals surface area contributed by atoms with Crippen molar-refractivity contribution in [3.63, 3.8) is 0 Å². The molecule has 0 unspecified atom stereocenters. The maximum atomic E-state index is 6.05. The van der Waals surface area contributed by atoms with Crippen molar-refractivity contribution >= 4 is 7.98 Å². The van der Waals surface area contributed by atoms with E-state index in [1.807, 2.05) is 4.81 Å². The van der Waals surface area contributed by atoms with Gasteiger partial charge in [0.1, 0.15) is 0 Å². The van der Waals surface area contributed by atoms with Crippen molar-refractivity contribution in [1.29, 1.82) is 0 Å². The molecule has 2 nitrogen and oxygen atoms in total. The summed E-state index contributed by atoms with van der Waals surface area (Å²) in [6.45, 7) is 4.32. The van der Waals surface area contributed by atoms with Crippen LogP contribution in [0.25, 0.3) is 0 Å². The van der Waals surface area contributed by atoms with Crippen LogP contribution in [0, 0.1) is 0 Å². The van der Waals surface area contributed by atoms with Crippen molar-refractivity contribution in [1.82, 2.24) is 9.71 Å². The Kier molecular flexibility index (Phi) is 4.47. The highest BCUT2D eigenvalue weighted by atomic mass is 15.2. The molecule has 3 heteroatoms. The highest BCUT2D eigenvalue weighted by Gasteiger charge is 2.46. The van der Waals surface area contributed by atoms with E-state index in [-0.39, 0.29) is 0 Å². The molecule has 0 aromatic heterocycles. The molecule has 2 atom stereocenters. The average molecular weight is 330 g/mol. The number of hydrogen-bond acceptors (Lipinski definition) is 2. The second-order valence-electron chi connectivity index (χ2n) is 7.88. The molecule has 2 aromatic carbocycles. The van der Waals surface area contributed by atoms with Crippen molar-refractivity contribution in [2.75, 3.05) is 20.1 Å². The number of nitrogens with zero attached hydrogens (tertiary/aromatic N) is 2. The van der Waals surface area contributed by atoms with Crippen molar-refractivity contribution in [3.05, 3.63) is 71.3 Å². The lowest BCUT2D eigenvalue weighted by Gasteiger charge is -2.40. The minimum absolute atomic E-state index is 0.307. The monoisotopic (exact) mass is 330 g/mol. The molecule has 0 N–H and O–H groups in total. The summed E-state index contributed by atoms with van der Waals surface area (Å²) in [6.07, 6.45) is 3.56. The molecular formula is C22H27BN2. The third-order valence-electron chi connectivity index (χ3n) is 6.61. The first-order valence-electron chi connectivity index (χ1n) is 9.47. The Balaban J connectivity index is 1.65. The van der Waals surface area contributed by atoms with Gasteiger partial charge in [0, 0.05) is 12.1 Å². The number of rotatable bonds is 3. The van der Waals surface area contributed by atoms with Gasteiger partial charge < -0.3 is 4.81 Å². The van der Waals surface area contributed by atoms with E-state index in [1.165, 1.54) is 30.4 Å². The summed E-state index contributed by atoms with van der Waals surface area (Å²) in [6, 6.07) is 20.9. The number of hydrogen-bond donors (Lipinski definition) is 0. The van der Waals surface area contributed by atoms with Gasteiger partial charge in [0.2, 0.25) is 0 Å². The van der Waals surface area contributed by atoms with Gasteiger partial charge in [-0.15, -0.1) is 0 Å². The molecular weight excluding hydrogens is 303 g/mol. The molecule has 2 aliphatic rings. The summed E-state index contributed by atoms with van der Waals surface area (Å²) >= 11 is 0. The van der Waals surface area contributed by atoms with E-state index in [1.54, 1.807) is 5.56 Å². The molecule has 2 radical (unpaired) electrons.